The van der Waals surface area contributed by atoms with Gasteiger partial charge < -0.3 is 5.32 Å². The highest BCUT2D eigenvalue weighted by Gasteiger charge is 2.48. The van der Waals surface area contributed by atoms with Crippen LogP contribution >= 0.6 is 0 Å². The molecule has 1 aliphatic heterocycles. The molecule has 76 heavy (non-hydrogen) atoms. The predicted molar refractivity (Wildman–Crippen MR) is 316 cm³/mol. The van der Waals surface area contributed by atoms with Crippen molar-refractivity contribution >= 4 is 27.2 Å². The lowest BCUT2D eigenvalue weighted by molar-refractivity contribution is 0.769. The van der Waals surface area contributed by atoms with Crippen LogP contribution in [-0.2, 0) is 10.8 Å². The topological polar surface area (TPSA) is 27.0 Å². The van der Waals surface area contributed by atoms with Gasteiger partial charge in [-0.2, -0.15) is 0 Å². The van der Waals surface area contributed by atoms with Gasteiger partial charge in [0.1, 0.15) is 0 Å². The molecule has 11 aromatic carbocycles. The van der Waals surface area contributed by atoms with Gasteiger partial charge in [0.05, 0.1) is 10.8 Å². The van der Waals surface area contributed by atoms with Gasteiger partial charge in [0.2, 0.25) is 0 Å². The standard InChI is InChI=1S/C74H49N2/c1-5-21-53(22-6-1)73(54-23-7-2-8-24-54)65-33-17-15-29-57(65)59-39-37-51(46-67(59)73)71-61-31-13-14-32-62(61)72(64-45-49(36-41-63(64)71)50-42-44-76-70(48-50)69-35-19-20-43-75-69)52-38-40-60-58-30-16-18-34-66(58)74(68(60)47-52,55-25-9-3-10-26-55)56-27-11-4-12-28-56/h1-42,44-48H,43H2/q-1. The van der Waals surface area contributed by atoms with Crippen molar-refractivity contribution in [3.8, 4) is 55.6 Å². The lowest BCUT2D eigenvalue weighted by atomic mass is 9.67. The monoisotopic (exact) mass is 965 g/mol. The summed E-state index contributed by atoms with van der Waals surface area (Å²) in [4.78, 5) is 4.83. The van der Waals surface area contributed by atoms with E-state index in [9.17, 15) is 0 Å². The molecule has 0 radical (unpaired) electrons. The second-order valence-corrected chi connectivity index (χ2v) is 20.4. The van der Waals surface area contributed by atoms with Crippen molar-refractivity contribution in [2.24, 2.45) is 0 Å². The SMILES string of the molecule is C1=CC[N-]C(c2cc(-c3ccc4c(-c5ccc6c(c5)C(c5ccccc5)(c5ccccc5)c5ccccc5-6)c5ccccc5c(-c5ccc6c(c5)C(c5ccccc5)(c5ccccc5)c5ccccc5-6)c4c3)ccn2)=C1. The van der Waals surface area contributed by atoms with Crippen LogP contribution < -0.4 is 0 Å². The lowest BCUT2D eigenvalue weighted by Crippen LogP contribution is -2.28. The van der Waals surface area contributed by atoms with E-state index in [1.54, 1.807) is 0 Å². The third-order valence-electron chi connectivity index (χ3n) is 16.6. The molecule has 15 rings (SSSR count). The van der Waals surface area contributed by atoms with Crippen molar-refractivity contribution in [1.29, 1.82) is 0 Å². The highest BCUT2D eigenvalue weighted by atomic mass is 14.9. The second kappa shape index (κ2) is 17.5. The van der Waals surface area contributed by atoms with E-state index in [1.165, 1.54) is 111 Å². The van der Waals surface area contributed by atoms with Gasteiger partial charge in [-0.05, 0) is 152 Å². The molecule has 2 heteroatoms. The van der Waals surface area contributed by atoms with Crippen LogP contribution in [0.2, 0.25) is 0 Å². The maximum atomic E-state index is 4.83. The van der Waals surface area contributed by atoms with Gasteiger partial charge in [0.15, 0.2) is 0 Å². The Kier molecular flexibility index (Phi) is 10.1. The van der Waals surface area contributed by atoms with Crippen LogP contribution in [0.4, 0.5) is 0 Å². The number of aromatic nitrogens is 1. The Morgan fingerprint density at radius 2 is 0.750 bits per heavy atom. The highest BCUT2D eigenvalue weighted by molar-refractivity contribution is 6.22. The quantitative estimate of drug-likeness (QED) is 0.139. The summed E-state index contributed by atoms with van der Waals surface area (Å²) < 4.78 is 0. The van der Waals surface area contributed by atoms with Gasteiger partial charge >= 0.3 is 0 Å². The first-order valence-corrected chi connectivity index (χ1v) is 26.4. The van der Waals surface area contributed by atoms with Gasteiger partial charge in [-0.1, -0.05) is 243 Å². The minimum absolute atomic E-state index is 0.538. The van der Waals surface area contributed by atoms with Crippen LogP contribution in [-0.4, -0.2) is 11.5 Å². The van der Waals surface area contributed by atoms with Gasteiger partial charge in [0, 0.05) is 11.9 Å². The molecule has 356 valence electrons. The van der Waals surface area contributed by atoms with Crippen LogP contribution in [0.25, 0.3) is 88.2 Å². The highest BCUT2D eigenvalue weighted by Crippen LogP contribution is 2.59. The normalized spacial score (nSPS) is 14.3. The van der Waals surface area contributed by atoms with E-state index >= 15 is 0 Å². The molecule has 12 aromatic rings. The first-order chi connectivity index (χ1) is 37.7. The van der Waals surface area contributed by atoms with Crippen molar-refractivity contribution in [2.45, 2.75) is 10.8 Å². The Morgan fingerprint density at radius 3 is 1.25 bits per heavy atom. The summed E-state index contributed by atoms with van der Waals surface area (Å²) in [6, 6.07) is 97.8. The number of hydrogen-bond donors (Lipinski definition) is 0. The van der Waals surface area contributed by atoms with Crippen molar-refractivity contribution < 1.29 is 0 Å². The molecule has 0 spiro atoms. The number of hydrogen-bond acceptors (Lipinski definition) is 1. The zero-order valence-corrected chi connectivity index (χ0v) is 41.7. The average Bonchev–Trinajstić information content (AvgIpc) is 4.16. The van der Waals surface area contributed by atoms with Gasteiger partial charge in [-0.25, -0.2) is 0 Å². The van der Waals surface area contributed by atoms with E-state index in [0.29, 0.717) is 6.54 Å². The molecule has 3 aliphatic rings. The molecule has 0 fully saturated rings. The number of benzene rings is 11. The molecule has 0 saturated heterocycles. The Labute approximate surface area is 443 Å². The third kappa shape index (κ3) is 6.44. The molecule has 2 nitrogen and oxygen atoms in total. The minimum atomic E-state index is -0.547. The summed E-state index contributed by atoms with van der Waals surface area (Å²) in [6.45, 7) is 0.654. The van der Waals surface area contributed by atoms with Crippen LogP contribution in [0.5, 0.6) is 0 Å². The van der Waals surface area contributed by atoms with Gasteiger partial charge in [-0.3, -0.25) is 4.98 Å². The molecule has 1 aromatic heterocycles. The Balaban J connectivity index is 1.03. The number of fused-ring (bicyclic) bond motifs is 8. The van der Waals surface area contributed by atoms with E-state index in [1.807, 2.05) is 6.20 Å². The van der Waals surface area contributed by atoms with Crippen molar-refractivity contribution in [3.05, 3.63) is 341 Å². The first-order valence-electron chi connectivity index (χ1n) is 26.4. The predicted octanol–water partition coefficient (Wildman–Crippen LogP) is 18.4. The van der Waals surface area contributed by atoms with Crippen LogP contribution in [0, 0.1) is 0 Å². The zero-order chi connectivity index (χ0) is 50.2. The molecular weight excluding hydrogens is 917 g/mol. The largest absolute Gasteiger partial charge is 0.679 e. The third-order valence-corrected chi connectivity index (χ3v) is 16.6. The molecule has 0 atom stereocenters. The molecule has 0 saturated carbocycles. The summed E-state index contributed by atoms with van der Waals surface area (Å²) >= 11 is 0. The average molecular weight is 966 g/mol. The fourth-order valence-corrected chi connectivity index (χ4v) is 13.5. The van der Waals surface area contributed by atoms with E-state index in [0.717, 1.165) is 22.5 Å². The van der Waals surface area contributed by atoms with Gasteiger partial charge in [0.25, 0.3) is 0 Å². The Bertz CT molecular complexity index is 4240. The Morgan fingerprint density at radius 1 is 0.329 bits per heavy atom. The molecule has 2 heterocycles. The second-order valence-electron chi connectivity index (χ2n) is 20.4. The first kappa shape index (κ1) is 43.9. The van der Waals surface area contributed by atoms with E-state index in [-0.39, 0.29) is 0 Å². The van der Waals surface area contributed by atoms with Crippen LogP contribution in [0.1, 0.15) is 50.2 Å². The zero-order valence-electron chi connectivity index (χ0n) is 41.7. The smallest absolute Gasteiger partial charge is 0.0713 e. The molecule has 0 bridgehead atoms. The summed E-state index contributed by atoms with van der Waals surface area (Å²) in [7, 11) is 0. The number of allylic oxidation sites excluding steroid dienone is 2. The van der Waals surface area contributed by atoms with E-state index in [4.69, 9.17) is 10.3 Å². The Hall–Kier alpha value is -9.63. The summed E-state index contributed by atoms with van der Waals surface area (Å²) in [5.41, 5.74) is 23.0. The van der Waals surface area contributed by atoms with Crippen LogP contribution in [0.15, 0.2) is 285 Å². The maximum Gasteiger partial charge on any atom is 0.0713 e. The minimum Gasteiger partial charge on any atom is -0.679 e. The number of nitrogens with zero attached hydrogens (tertiary/aromatic N) is 2. The van der Waals surface area contributed by atoms with Crippen molar-refractivity contribution in [2.75, 3.05) is 6.54 Å². The van der Waals surface area contributed by atoms with Gasteiger partial charge in [-0.15, -0.1) is 18.3 Å². The molecular formula is C74H49N2-. The van der Waals surface area contributed by atoms with E-state index in [2.05, 4.69) is 279 Å². The lowest BCUT2D eigenvalue weighted by Gasteiger charge is -2.34. The fourth-order valence-electron chi connectivity index (χ4n) is 13.5. The maximum absolute atomic E-state index is 4.83. The van der Waals surface area contributed by atoms with Crippen molar-refractivity contribution in [1.82, 2.24) is 4.98 Å². The summed E-state index contributed by atoms with van der Waals surface area (Å²) in [6.07, 6.45) is 8.13. The molecule has 0 N–H and O–H groups in total. The van der Waals surface area contributed by atoms with Crippen molar-refractivity contribution in [3.63, 3.8) is 0 Å². The molecule has 0 unspecified atom stereocenters. The molecule has 0 amide bonds. The summed E-state index contributed by atoms with van der Waals surface area (Å²) in [5.74, 6) is 0. The molecule has 2 aliphatic carbocycles. The van der Waals surface area contributed by atoms with E-state index < -0.39 is 10.8 Å². The fraction of sp³-hybridized carbons (Fsp3) is 0.0405. The van der Waals surface area contributed by atoms with Crippen LogP contribution in [0.3, 0.4) is 0 Å². The number of pyridine rings is 1. The summed E-state index contributed by atoms with van der Waals surface area (Å²) in [5, 5.41) is 9.62. The number of rotatable bonds is 8.